The minimum atomic E-state index is -1.32. The summed E-state index contributed by atoms with van der Waals surface area (Å²) in [6.45, 7) is 5.33. The predicted octanol–water partition coefficient (Wildman–Crippen LogP) is 4.98. The Balaban J connectivity index is 1.79. The minimum Gasteiger partial charge on any atom is -0.395 e. The van der Waals surface area contributed by atoms with E-state index in [1.54, 1.807) is 20.8 Å². The highest BCUT2D eigenvalue weighted by Gasteiger charge is 2.37. The molecule has 3 amide bonds. The van der Waals surface area contributed by atoms with Crippen LogP contribution in [0, 0.1) is 11.6 Å². The van der Waals surface area contributed by atoms with Crippen LogP contribution in [-0.2, 0) is 4.79 Å². The number of nitrogens with two attached hydrogens (primary N) is 1. The lowest BCUT2D eigenvalue weighted by molar-refractivity contribution is -0.123. The first kappa shape index (κ1) is 28.2. The van der Waals surface area contributed by atoms with Crippen molar-refractivity contribution in [3.8, 4) is 0 Å². The van der Waals surface area contributed by atoms with Gasteiger partial charge in [0, 0.05) is 17.3 Å². The normalized spacial score (nSPS) is 14.6. The first-order valence-electron chi connectivity index (χ1n) is 12.7. The van der Waals surface area contributed by atoms with Crippen LogP contribution < -0.4 is 21.3 Å². The fourth-order valence-electron chi connectivity index (χ4n) is 4.56. The van der Waals surface area contributed by atoms with Crippen molar-refractivity contribution in [3.63, 3.8) is 0 Å². The summed E-state index contributed by atoms with van der Waals surface area (Å²) < 4.78 is 32.4. The number of hydrogen-bond acceptors (Lipinski definition) is 6. The van der Waals surface area contributed by atoms with E-state index in [4.69, 9.17) is 5.73 Å². The van der Waals surface area contributed by atoms with Crippen LogP contribution in [0.5, 0.6) is 0 Å². The molecule has 1 aliphatic rings. The molecule has 8 nitrogen and oxygen atoms in total. The largest absolute Gasteiger partial charge is 0.395 e. The Kier molecular flexibility index (Phi) is 8.29. The van der Waals surface area contributed by atoms with E-state index in [2.05, 4.69) is 15.0 Å². The van der Waals surface area contributed by atoms with E-state index in [-0.39, 0.29) is 33.6 Å². The van der Waals surface area contributed by atoms with Crippen LogP contribution in [0.15, 0.2) is 48.5 Å². The quantitative estimate of drug-likeness (QED) is 0.380. The second-order valence-electron chi connectivity index (χ2n) is 10.6. The molecular formula is C28H31F2N5O3S. The van der Waals surface area contributed by atoms with Crippen LogP contribution in [0.1, 0.15) is 78.2 Å². The molecule has 1 fully saturated rings. The topological polar surface area (TPSA) is 117 Å². The summed E-state index contributed by atoms with van der Waals surface area (Å²) in [4.78, 5) is 41.7. The van der Waals surface area contributed by atoms with E-state index in [0.29, 0.717) is 0 Å². The lowest BCUT2D eigenvalue weighted by Gasteiger charge is -2.33. The predicted molar refractivity (Wildman–Crippen MR) is 146 cm³/mol. The van der Waals surface area contributed by atoms with E-state index >= 15 is 0 Å². The average Bonchev–Trinajstić information content (AvgIpc) is 3.51. The number of halogens is 2. The van der Waals surface area contributed by atoms with Gasteiger partial charge in [-0.2, -0.15) is 4.37 Å². The monoisotopic (exact) mass is 555 g/mol. The summed E-state index contributed by atoms with van der Waals surface area (Å²) in [5, 5.41) is 5.76. The summed E-state index contributed by atoms with van der Waals surface area (Å²) in [5.41, 5.74) is 5.75. The maximum Gasteiger partial charge on any atom is 0.273 e. The molecule has 1 aliphatic carbocycles. The molecule has 0 bridgehead atoms. The molecule has 0 radical (unpaired) electrons. The Morgan fingerprint density at radius 1 is 1.05 bits per heavy atom. The van der Waals surface area contributed by atoms with Gasteiger partial charge in [0.25, 0.3) is 11.8 Å². The van der Waals surface area contributed by atoms with Gasteiger partial charge in [-0.15, -0.1) is 0 Å². The van der Waals surface area contributed by atoms with Crippen molar-refractivity contribution in [2.75, 3.05) is 10.6 Å². The van der Waals surface area contributed by atoms with E-state index in [1.165, 1.54) is 42.5 Å². The molecule has 39 heavy (non-hydrogen) atoms. The Hall–Kier alpha value is -3.86. The van der Waals surface area contributed by atoms with E-state index in [0.717, 1.165) is 48.2 Å². The third-order valence-corrected chi connectivity index (χ3v) is 7.17. The molecule has 1 heterocycles. The number of aromatic nitrogens is 1. The van der Waals surface area contributed by atoms with E-state index in [1.807, 2.05) is 0 Å². The molecule has 4 N–H and O–H groups in total. The van der Waals surface area contributed by atoms with Gasteiger partial charge in [-0.3, -0.25) is 19.3 Å². The molecule has 11 heteroatoms. The number of carbonyl (C=O) groups excluding carboxylic acids is 3. The lowest BCUT2D eigenvalue weighted by atomic mass is 10.0. The van der Waals surface area contributed by atoms with E-state index in [9.17, 15) is 23.2 Å². The van der Waals surface area contributed by atoms with Gasteiger partial charge in [-0.1, -0.05) is 31.0 Å². The van der Waals surface area contributed by atoms with Crippen molar-refractivity contribution in [2.24, 2.45) is 0 Å². The molecule has 0 unspecified atom stereocenters. The van der Waals surface area contributed by atoms with Crippen molar-refractivity contribution in [1.82, 2.24) is 15.0 Å². The molecule has 206 valence electrons. The SMILES string of the molecule is CC(C)(C)NC(=O)[C@H](c1ccc(F)cc1)N(C(=O)c1snc(C(=O)NC2CCCC2)c1N)c1cccc(F)c1. The zero-order valence-electron chi connectivity index (χ0n) is 22.0. The van der Waals surface area contributed by atoms with Crippen LogP contribution in [0.4, 0.5) is 20.2 Å². The molecule has 1 aromatic heterocycles. The maximum absolute atomic E-state index is 14.4. The molecule has 1 atom stereocenters. The summed E-state index contributed by atoms with van der Waals surface area (Å²) in [7, 11) is 0. The fraction of sp³-hybridized carbons (Fsp3) is 0.357. The van der Waals surface area contributed by atoms with Crippen molar-refractivity contribution >= 4 is 40.6 Å². The van der Waals surface area contributed by atoms with E-state index < -0.39 is 40.9 Å². The highest BCUT2D eigenvalue weighted by Crippen LogP contribution is 2.34. The van der Waals surface area contributed by atoms with Gasteiger partial charge in [0.05, 0.1) is 5.69 Å². The Morgan fingerprint density at radius 3 is 2.33 bits per heavy atom. The van der Waals surface area contributed by atoms with Crippen molar-refractivity contribution in [3.05, 3.63) is 76.3 Å². The van der Waals surface area contributed by atoms with Crippen molar-refractivity contribution < 1.29 is 23.2 Å². The Bertz CT molecular complexity index is 1360. The summed E-state index contributed by atoms with van der Waals surface area (Å²) in [5.74, 6) is -2.97. The third kappa shape index (κ3) is 6.59. The standard InChI is InChI=1S/C28H31F2N5O3S/c1-28(2,3)33-26(37)23(16-11-13-17(29)14-12-16)35(20-10-6-7-18(30)15-20)27(38)24-21(31)22(34-39-24)25(36)32-19-8-4-5-9-19/h6-7,10-15,19,23H,4-5,8-9,31H2,1-3H3,(H,32,36)(H,33,37)/t23-/m0/s1. The van der Waals surface area contributed by atoms with Gasteiger partial charge in [-0.05, 0) is 81.0 Å². The van der Waals surface area contributed by atoms with Crippen molar-refractivity contribution in [2.45, 2.75) is 64.1 Å². The number of anilines is 2. The molecule has 2 aromatic carbocycles. The van der Waals surface area contributed by atoms with Gasteiger partial charge >= 0.3 is 0 Å². The smallest absolute Gasteiger partial charge is 0.273 e. The Morgan fingerprint density at radius 2 is 1.72 bits per heavy atom. The van der Waals surface area contributed by atoms with Crippen LogP contribution in [0.3, 0.4) is 0 Å². The summed E-state index contributed by atoms with van der Waals surface area (Å²) in [6, 6.07) is 9.03. The second-order valence-corrected chi connectivity index (χ2v) is 11.4. The fourth-order valence-corrected chi connectivity index (χ4v) is 5.29. The third-order valence-electron chi connectivity index (χ3n) is 6.32. The number of nitrogen functional groups attached to an aromatic ring is 1. The molecule has 0 spiro atoms. The Labute approximate surface area is 229 Å². The van der Waals surface area contributed by atoms with Gasteiger partial charge in [-0.25, -0.2) is 8.78 Å². The van der Waals surface area contributed by atoms with Gasteiger partial charge in [0.2, 0.25) is 5.91 Å². The summed E-state index contributed by atoms with van der Waals surface area (Å²) in [6.07, 6.45) is 3.75. The number of hydrogen-bond donors (Lipinski definition) is 3. The minimum absolute atomic E-state index is 0.0190. The van der Waals surface area contributed by atoms with Crippen molar-refractivity contribution in [1.29, 1.82) is 0 Å². The second kappa shape index (κ2) is 11.5. The zero-order valence-corrected chi connectivity index (χ0v) is 22.8. The number of nitrogens with one attached hydrogen (secondary N) is 2. The summed E-state index contributed by atoms with van der Waals surface area (Å²) >= 11 is 0.725. The maximum atomic E-state index is 14.4. The first-order chi connectivity index (χ1) is 18.4. The van der Waals surface area contributed by atoms with Gasteiger partial charge in [0.1, 0.15) is 22.6 Å². The van der Waals surface area contributed by atoms with Crippen LogP contribution in [-0.4, -0.2) is 33.7 Å². The van der Waals surface area contributed by atoms with Gasteiger partial charge in [0.15, 0.2) is 5.69 Å². The number of rotatable bonds is 7. The average molecular weight is 556 g/mol. The lowest BCUT2D eigenvalue weighted by Crippen LogP contribution is -2.49. The van der Waals surface area contributed by atoms with Crippen LogP contribution in [0.25, 0.3) is 0 Å². The van der Waals surface area contributed by atoms with Crippen LogP contribution >= 0.6 is 11.5 Å². The number of carbonyl (C=O) groups is 3. The molecule has 4 rings (SSSR count). The highest BCUT2D eigenvalue weighted by molar-refractivity contribution is 7.09. The number of nitrogens with zero attached hydrogens (tertiary/aromatic N) is 2. The highest BCUT2D eigenvalue weighted by atomic mass is 32.1. The number of amides is 3. The molecule has 1 saturated carbocycles. The molecule has 0 saturated heterocycles. The number of benzene rings is 2. The molecular weight excluding hydrogens is 524 g/mol. The van der Waals surface area contributed by atoms with Crippen LogP contribution in [0.2, 0.25) is 0 Å². The zero-order chi connectivity index (χ0) is 28.3. The molecule has 0 aliphatic heterocycles. The van der Waals surface area contributed by atoms with Gasteiger partial charge < -0.3 is 16.4 Å². The first-order valence-corrected chi connectivity index (χ1v) is 13.4. The molecule has 3 aromatic rings.